The summed E-state index contributed by atoms with van der Waals surface area (Å²) in [4.78, 5) is 0. The molecule has 1 fully saturated rings. The average Bonchev–Trinajstić information content (AvgIpc) is 2.26. The molecule has 1 aromatic carbocycles. The van der Waals surface area contributed by atoms with E-state index in [0.717, 1.165) is 12.0 Å². The van der Waals surface area contributed by atoms with E-state index in [2.05, 4.69) is 29.6 Å². The molecule has 1 heteroatoms. The van der Waals surface area contributed by atoms with Gasteiger partial charge in [-0.2, -0.15) is 0 Å². The Bertz CT molecular complexity index is 299. The Kier molecular flexibility index (Phi) is 1.97. The van der Waals surface area contributed by atoms with Crippen LogP contribution in [0.5, 0.6) is 0 Å². The van der Waals surface area contributed by atoms with E-state index in [1.165, 1.54) is 43.4 Å². The fourth-order valence-electron chi connectivity index (χ4n) is 2.96. The Labute approximate surface area is 85.5 Å². The highest BCUT2D eigenvalue weighted by molar-refractivity contribution is 5.54. The number of fused-ring (bicyclic) bond motifs is 2. The molecule has 2 aliphatic rings. The van der Waals surface area contributed by atoms with E-state index in [1.807, 2.05) is 0 Å². The molecule has 1 aliphatic heterocycles. The molecule has 0 amide bonds. The van der Waals surface area contributed by atoms with Crippen molar-refractivity contribution in [3.05, 3.63) is 29.8 Å². The summed E-state index contributed by atoms with van der Waals surface area (Å²) >= 11 is 0. The summed E-state index contributed by atoms with van der Waals surface area (Å²) < 4.78 is 0. The second-order valence-electron chi connectivity index (χ2n) is 4.66. The van der Waals surface area contributed by atoms with Crippen LogP contribution in [0, 0.1) is 5.92 Å². The second-order valence-corrected chi connectivity index (χ2v) is 4.66. The molecule has 3 rings (SSSR count). The summed E-state index contributed by atoms with van der Waals surface area (Å²) in [5.41, 5.74) is 2.91. The lowest BCUT2D eigenvalue weighted by atomic mass is 9.78. The highest BCUT2D eigenvalue weighted by Gasteiger charge is 2.29. The number of anilines is 1. The zero-order valence-corrected chi connectivity index (χ0v) is 8.50. The van der Waals surface area contributed by atoms with Crippen LogP contribution in [0.15, 0.2) is 24.3 Å². The first-order chi connectivity index (χ1) is 6.93. The van der Waals surface area contributed by atoms with Gasteiger partial charge in [0.1, 0.15) is 0 Å². The zero-order valence-electron chi connectivity index (χ0n) is 8.50. The Balaban J connectivity index is 1.91. The molecular formula is C13H17N. The fraction of sp³-hybridized carbons (Fsp3) is 0.538. The van der Waals surface area contributed by atoms with Crippen LogP contribution in [0.25, 0.3) is 0 Å². The molecule has 0 radical (unpaired) electrons. The first-order valence-electron chi connectivity index (χ1n) is 5.78. The third-order valence-corrected chi connectivity index (χ3v) is 3.75. The van der Waals surface area contributed by atoms with Crippen molar-refractivity contribution in [1.29, 1.82) is 0 Å². The van der Waals surface area contributed by atoms with Gasteiger partial charge >= 0.3 is 0 Å². The Morgan fingerprint density at radius 2 is 1.93 bits per heavy atom. The molecule has 0 saturated heterocycles. The molecule has 14 heavy (non-hydrogen) atoms. The van der Waals surface area contributed by atoms with Crippen LogP contribution in [0.3, 0.4) is 0 Å². The van der Waals surface area contributed by atoms with Crippen LogP contribution >= 0.6 is 0 Å². The van der Waals surface area contributed by atoms with Gasteiger partial charge < -0.3 is 5.32 Å². The minimum absolute atomic E-state index is 0.763. The number of para-hydroxylation sites is 1. The van der Waals surface area contributed by atoms with E-state index in [9.17, 15) is 0 Å². The monoisotopic (exact) mass is 187 g/mol. The van der Waals surface area contributed by atoms with E-state index in [0.29, 0.717) is 0 Å². The first kappa shape index (κ1) is 8.34. The van der Waals surface area contributed by atoms with Crippen molar-refractivity contribution in [2.24, 2.45) is 5.92 Å². The third-order valence-electron chi connectivity index (χ3n) is 3.75. The maximum atomic E-state index is 3.70. The highest BCUT2D eigenvalue weighted by Crippen LogP contribution is 2.35. The largest absolute Gasteiger partial charge is 0.382 e. The Morgan fingerprint density at radius 3 is 2.93 bits per heavy atom. The quantitative estimate of drug-likeness (QED) is 0.657. The Morgan fingerprint density at radius 1 is 1.07 bits per heavy atom. The van der Waals surface area contributed by atoms with Crippen molar-refractivity contribution in [1.82, 2.24) is 0 Å². The molecule has 2 atom stereocenters. The summed E-state index contributed by atoms with van der Waals surface area (Å²) in [6.07, 6.45) is 6.94. The van der Waals surface area contributed by atoms with Gasteiger partial charge in [-0.3, -0.25) is 0 Å². The summed E-state index contributed by atoms with van der Waals surface area (Å²) in [6, 6.07) is 9.55. The molecule has 1 heterocycles. The van der Waals surface area contributed by atoms with Crippen LogP contribution in [-0.4, -0.2) is 6.04 Å². The summed E-state index contributed by atoms with van der Waals surface area (Å²) in [6.45, 7) is 0. The molecule has 1 nitrogen and oxygen atoms in total. The number of hydrogen-bond donors (Lipinski definition) is 1. The predicted molar refractivity (Wildman–Crippen MR) is 59.5 cm³/mol. The van der Waals surface area contributed by atoms with E-state index < -0.39 is 0 Å². The van der Waals surface area contributed by atoms with Gasteiger partial charge in [0.05, 0.1) is 0 Å². The maximum Gasteiger partial charge on any atom is 0.0375 e. The van der Waals surface area contributed by atoms with Crippen LogP contribution in [0.2, 0.25) is 0 Å². The molecule has 74 valence electrons. The van der Waals surface area contributed by atoms with E-state index in [4.69, 9.17) is 0 Å². The van der Waals surface area contributed by atoms with Crippen molar-refractivity contribution >= 4 is 5.69 Å². The van der Waals surface area contributed by atoms with Gasteiger partial charge in [0.15, 0.2) is 0 Å². The third kappa shape index (κ3) is 1.31. The minimum Gasteiger partial charge on any atom is -0.382 e. The van der Waals surface area contributed by atoms with Gasteiger partial charge in [0.25, 0.3) is 0 Å². The van der Waals surface area contributed by atoms with Crippen molar-refractivity contribution < 1.29 is 0 Å². The smallest absolute Gasteiger partial charge is 0.0375 e. The van der Waals surface area contributed by atoms with Crippen LogP contribution in [0.4, 0.5) is 5.69 Å². The van der Waals surface area contributed by atoms with Crippen LogP contribution in [0.1, 0.15) is 31.2 Å². The van der Waals surface area contributed by atoms with Crippen molar-refractivity contribution in [3.63, 3.8) is 0 Å². The normalized spacial score (nSPS) is 30.0. The molecule has 1 N–H and O–H groups in total. The van der Waals surface area contributed by atoms with Gasteiger partial charge in [-0.05, 0) is 36.8 Å². The topological polar surface area (TPSA) is 12.0 Å². The average molecular weight is 187 g/mol. The molecule has 1 saturated carbocycles. The first-order valence-corrected chi connectivity index (χ1v) is 5.78. The minimum atomic E-state index is 0.763. The lowest BCUT2D eigenvalue weighted by Gasteiger charge is -2.38. The van der Waals surface area contributed by atoms with Gasteiger partial charge in [-0.15, -0.1) is 0 Å². The number of rotatable bonds is 0. The van der Waals surface area contributed by atoms with Gasteiger partial charge in [-0.1, -0.05) is 31.0 Å². The number of benzene rings is 1. The van der Waals surface area contributed by atoms with Gasteiger partial charge in [0, 0.05) is 11.7 Å². The maximum absolute atomic E-state index is 3.70. The number of nitrogens with one attached hydrogen (secondary N) is 1. The van der Waals surface area contributed by atoms with Gasteiger partial charge in [-0.25, -0.2) is 0 Å². The van der Waals surface area contributed by atoms with E-state index in [1.54, 1.807) is 0 Å². The summed E-state index contributed by atoms with van der Waals surface area (Å²) in [7, 11) is 0. The Hall–Kier alpha value is -0.980. The number of hydrogen-bond acceptors (Lipinski definition) is 1. The molecule has 0 unspecified atom stereocenters. The fourth-order valence-corrected chi connectivity index (χ4v) is 2.96. The molecule has 0 spiro atoms. The summed E-state index contributed by atoms with van der Waals surface area (Å²) in [5, 5.41) is 3.70. The molecule has 0 bridgehead atoms. The predicted octanol–water partition coefficient (Wildman–Crippen LogP) is 3.21. The van der Waals surface area contributed by atoms with E-state index >= 15 is 0 Å². The van der Waals surface area contributed by atoms with Crippen molar-refractivity contribution in [3.8, 4) is 0 Å². The van der Waals surface area contributed by atoms with Gasteiger partial charge in [0.2, 0.25) is 0 Å². The lowest BCUT2D eigenvalue weighted by molar-refractivity contribution is 0.315. The molecular weight excluding hydrogens is 170 g/mol. The summed E-state index contributed by atoms with van der Waals surface area (Å²) in [5.74, 6) is 0.902. The molecule has 1 aromatic rings. The highest BCUT2D eigenvalue weighted by atomic mass is 14.9. The zero-order chi connectivity index (χ0) is 9.38. The second kappa shape index (κ2) is 3.30. The van der Waals surface area contributed by atoms with E-state index in [-0.39, 0.29) is 0 Å². The molecule has 0 aromatic heterocycles. The SMILES string of the molecule is c1ccc2c(c1)C[C@H]1CCCC[C@@H]1N2. The lowest BCUT2D eigenvalue weighted by Crippen LogP contribution is -2.37. The van der Waals surface area contributed by atoms with Crippen LogP contribution in [-0.2, 0) is 6.42 Å². The van der Waals surface area contributed by atoms with Crippen molar-refractivity contribution in [2.45, 2.75) is 38.1 Å². The van der Waals surface area contributed by atoms with Crippen molar-refractivity contribution in [2.75, 3.05) is 5.32 Å². The standard InChI is InChI=1S/C13H17N/c1-3-7-12-10(5-1)9-11-6-2-4-8-13(11)14-12/h1,3,5,7,11,13-14H,2,4,6,8-9H2/t11-,13+/m1/s1. The molecule has 1 aliphatic carbocycles. The van der Waals surface area contributed by atoms with Crippen LogP contribution < -0.4 is 5.32 Å².